The topological polar surface area (TPSA) is 67.8 Å². The number of hydrogen-bond acceptors (Lipinski definition) is 5. The molecule has 0 spiro atoms. The summed E-state index contributed by atoms with van der Waals surface area (Å²) in [5.41, 5.74) is 1.99. The fourth-order valence-electron chi connectivity index (χ4n) is 2.40. The van der Waals surface area contributed by atoms with Gasteiger partial charge in [0.05, 0.1) is 18.7 Å². The first-order valence-corrected chi connectivity index (χ1v) is 9.81. The monoisotopic (exact) mass is 376 g/mol. The molecule has 7 heteroatoms. The Balaban J connectivity index is 1.95. The van der Waals surface area contributed by atoms with Crippen LogP contribution >= 0.6 is 11.3 Å². The predicted molar refractivity (Wildman–Crippen MR) is 109 cm³/mol. The van der Waals surface area contributed by atoms with E-state index in [2.05, 4.69) is 26.0 Å². The molecule has 1 aromatic heterocycles. The summed E-state index contributed by atoms with van der Waals surface area (Å²) in [4.78, 5) is 9.13. The highest BCUT2D eigenvalue weighted by Gasteiger charge is 2.07. The Morgan fingerprint density at radius 2 is 2.12 bits per heavy atom. The van der Waals surface area contributed by atoms with Crippen molar-refractivity contribution < 1.29 is 9.47 Å². The van der Waals surface area contributed by atoms with Crippen molar-refractivity contribution in [2.45, 2.75) is 33.6 Å². The number of aromatic nitrogens is 1. The number of thiazole rings is 1. The SMILES string of the molecule is CCNC(=NCCCc1nc(C)cs1)Nc1ccc(OCC)c(OC)c1. The zero-order valence-electron chi connectivity index (χ0n) is 16.0. The summed E-state index contributed by atoms with van der Waals surface area (Å²) < 4.78 is 11.0. The van der Waals surface area contributed by atoms with Crippen LogP contribution in [-0.2, 0) is 6.42 Å². The van der Waals surface area contributed by atoms with Crippen LogP contribution in [0.3, 0.4) is 0 Å². The lowest BCUT2D eigenvalue weighted by Crippen LogP contribution is -2.30. The first-order chi connectivity index (χ1) is 12.7. The van der Waals surface area contributed by atoms with Gasteiger partial charge in [-0.3, -0.25) is 4.99 Å². The summed E-state index contributed by atoms with van der Waals surface area (Å²) in [6.07, 6.45) is 1.93. The zero-order valence-corrected chi connectivity index (χ0v) is 16.8. The number of anilines is 1. The molecule has 0 radical (unpaired) electrons. The summed E-state index contributed by atoms with van der Waals surface area (Å²) in [6.45, 7) is 8.17. The third kappa shape index (κ3) is 6.22. The van der Waals surface area contributed by atoms with Crippen LogP contribution in [0.15, 0.2) is 28.6 Å². The minimum atomic E-state index is 0.603. The second-order valence-corrected chi connectivity index (χ2v) is 6.61. The Hall–Kier alpha value is -2.28. The molecule has 0 aliphatic carbocycles. The third-order valence-corrected chi connectivity index (χ3v) is 4.58. The summed E-state index contributed by atoms with van der Waals surface area (Å²) in [6, 6.07) is 5.77. The standard InChI is InChI=1S/C19H28N4O2S/c1-5-20-19(21-11-7-8-18-22-14(3)13-26-18)23-15-9-10-16(25-6-2)17(12-15)24-4/h9-10,12-13H,5-8,11H2,1-4H3,(H2,20,21,23). The number of ether oxygens (including phenoxy) is 2. The molecule has 2 rings (SSSR count). The average molecular weight is 377 g/mol. The number of methoxy groups -OCH3 is 1. The van der Waals surface area contributed by atoms with E-state index in [0.717, 1.165) is 49.0 Å². The fourth-order valence-corrected chi connectivity index (χ4v) is 3.22. The van der Waals surface area contributed by atoms with E-state index >= 15 is 0 Å². The third-order valence-electron chi connectivity index (χ3n) is 3.56. The molecule has 2 aromatic rings. The van der Waals surface area contributed by atoms with Crippen LogP contribution in [0.4, 0.5) is 5.69 Å². The van der Waals surface area contributed by atoms with E-state index in [1.807, 2.05) is 39.0 Å². The number of aryl methyl sites for hydroxylation is 2. The van der Waals surface area contributed by atoms with Crippen LogP contribution in [0, 0.1) is 6.92 Å². The molecule has 0 saturated carbocycles. The zero-order chi connectivity index (χ0) is 18.8. The van der Waals surface area contributed by atoms with E-state index in [0.29, 0.717) is 12.4 Å². The van der Waals surface area contributed by atoms with E-state index in [-0.39, 0.29) is 0 Å². The van der Waals surface area contributed by atoms with E-state index in [1.54, 1.807) is 18.4 Å². The number of guanidine groups is 1. The Labute approximate surface area is 159 Å². The Morgan fingerprint density at radius 3 is 2.77 bits per heavy atom. The van der Waals surface area contributed by atoms with Crippen molar-refractivity contribution in [1.29, 1.82) is 0 Å². The van der Waals surface area contributed by atoms with E-state index < -0.39 is 0 Å². The van der Waals surface area contributed by atoms with Gasteiger partial charge in [-0.2, -0.15) is 0 Å². The van der Waals surface area contributed by atoms with Crippen molar-refractivity contribution in [2.24, 2.45) is 4.99 Å². The van der Waals surface area contributed by atoms with Gasteiger partial charge in [0.2, 0.25) is 0 Å². The molecule has 0 atom stereocenters. The minimum absolute atomic E-state index is 0.603. The van der Waals surface area contributed by atoms with Crippen molar-refractivity contribution in [1.82, 2.24) is 10.3 Å². The van der Waals surface area contributed by atoms with Gasteiger partial charge in [-0.25, -0.2) is 4.98 Å². The molecule has 0 bridgehead atoms. The first kappa shape index (κ1) is 20.0. The molecule has 0 unspecified atom stereocenters. The van der Waals surface area contributed by atoms with Crippen LogP contribution in [0.5, 0.6) is 11.5 Å². The van der Waals surface area contributed by atoms with Gasteiger partial charge >= 0.3 is 0 Å². The summed E-state index contributed by atoms with van der Waals surface area (Å²) in [7, 11) is 1.64. The highest BCUT2D eigenvalue weighted by Crippen LogP contribution is 2.30. The van der Waals surface area contributed by atoms with Gasteiger partial charge in [0, 0.05) is 42.3 Å². The molecule has 0 saturated heterocycles. The molecule has 0 fully saturated rings. The lowest BCUT2D eigenvalue weighted by molar-refractivity contribution is 0.311. The lowest BCUT2D eigenvalue weighted by atomic mass is 10.2. The molecular formula is C19H28N4O2S. The van der Waals surface area contributed by atoms with Crippen molar-refractivity contribution >= 4 is 23.0 Å². The maximum absolute atomic E-state index is 5.55. The molecular weight excluding hydrogens is 348 g/mol. The van der Waals surface area contributed by atoms with Crippen LogP contribution in [0.2, 0.25) is 0 Å². The number of nitrogens with zero attached hydrogens (tertiary/aromatic N) is 2. The molecule has 0 aliphatic rings. The van der Waals surface area contributed by atoms with E-state index in [4.69, 9.17) is 9.47 Å². The van der Waals surface area contributed by atoms with Crippen LogP contribution in [0.1, 0.15) is 31.0 Å². The molecule has 1 aromatic carbocycles. The number of rotatable bonds is 9. The molecule has 142 valence electrons. The second kappa shape index (κ2) is 10.7. The fraction of sp³-hybridized carbons (Fsp3) is 0.474. The maximum Gasteiger partial charge on any atom is 0.195 e. The van der Waals surface area contributed by atoms with Crippen molar-refractivity contribution in [3.63, 3.8) is 0 Å². The Morgan fingerprint density at radius 1 is 1.27 bits per heavy atom. The number of benzene rings is 1. The minimum Gasteiger partial charge on any atom is -0.493 e. The lowest BCUT2D eigenvalue weighted by Gasteiger charge is -2.14. The number of nitrogens with one attached hydrogen (secondary N) is 2. The second-order valence-electron chi connectivity index (χ2n) is 5.67. The van der Waals surface area contributed by atoms with Gasteiger partial charge in [0.15, 0.2) is 17.5 Å². The molecule has 6 nitrogen and oxygen atoms in total. The quantitative estimate of drug-likeness (QED) is 0.395. The average Bonchev–Trinajstić information content (AvgIpc) is 3.05. The van der Waals surface area contributed by atoms with Gasteiger partial charge in [-0.05, 0) is 39.3 Å². The van der Waals surface area contributed by atoms with Crippen LogP contribution in [-0.4, -0.2) is 37.7 Å². The summed E-state index contributed by atoms with van der Waals surface area (Å²) in [5, 5.41) is 9.84. The van der Waals surface area contributed by atoms with E-state index in [9.17, 15) is 0 Å². The van der Waals surface area contributed by atoms with Crippen molar-refractivity contribution in [3.05, 3.63) is 34.3 Å². The number of aliphatic imine (C=N–C) groups is 1. The molecule has 0 amide bonds. The molecule has 1 heterocycles. The van der Waals surface area contributed by atoms with Crippen molar-refractivity contribution in [3.8, 4) is 11.5 Å². The summed E-state index contributed by atoms with van der Waals surface area (Å²) in [5.74, 6) is 2.20. The van der Waals surface area contributed by atoms with Crippen LogP contribution < -0.4 is 20.1 Å². The molecule has 0 aliphatic heterocycles. The normalized spacial score (nSPS) is 11.3. The first-order valence-electron chi connectivity index (χ1n) is 8.93. The van der Waals surface area contributed by atoms with Crippen LogP contribution in [0.25, 0.3) is 0 Å². The highest BCUT2D eigenvalue weighted by molar-refractivity contribution is 7.09. The van der Waals surface area contributed by atoms with Gasteiger partial charge in [0.1, 0.15) is 0 Å². The van der Waals surface area contributed by atoms with Gasteiger partial charge in [-0.1, -0.05) is 0 Å². The predicted octanol–water partition coefficient (Wildman–Crippen LogP) is 3.87. The highest BCUT2D eigenvalue weighted by atomic mass is 32.1. The van der Waals surface area contributed by atoms with Gasteiger partial charge < -0.3 is 20.1 Å². The van der Waals surface area contributed by atoms with Crippen molar-refractivity contribution in [2.75, 3.05) is 32.1 Å². The smallest absolute Gasteiger partial charge is 0.195 e. The maximum atomic E-state index is 5.55. The Bertz CT molecular complexity index is 715. The molecule has 2 N–H and O–H groups in total. The van der Waals surface area contributed by atoms with Gasteiger partial charge in [0.25, 0.3) is 0 Å². The largest absolute Gasteiger partial charge is 0.493 e. The Kier molecular flexibility index (Phi) is 8.21. The summed E-state index contributed by atoms with van der Waals surface area (Å²) >= 11 is 1.71. The number of hydrogen-bond donors (Lipinski definition) is 2. The van der Waals surface area contributed by atoms with E-state index in [1.165, 1.54) is 5.01 Å². The molecule has 26 heavy (non-hydrogen) atoms. The van der Waals surface area contributed by atoms with Gasteiger partial charge in [-0.15, -0.1) is 11.3 Å².